The van der Waals surface area contributed by atoms with E-state index in [1.807, 2.05) is 6.92 Å². The Morgan fingerprint density at radius 3 is 2.74 bits per heavy atom. The number of aliphatic carboxylic acids is 1. The molecule has 0 aromatic heterocycles. The molecule has 1 aromatic carbocycles. The predicted molar refractivity (Wildman–Crippen MR) is 72.7 cm³/mol. The van der Waals surface area contributed by atoms with Gasteiger partial charge in [0.15, 0.2) is 0 Å². The first-order valence-electron chi connectivity index (χ1n) is 5.97. The highest BCUT2D eigenvalue weighted by Crippen LogP contribution is 2.28. The van der Waals surface area contributed by atoms with Crippen LogP contribution in [0.15, 0.2) is 18.2 Å². The van der Waals surface area contributed by atoms with E-state index in [1.54, 1.807) is 18.2 Å². The molecule has 0 saturated carbocycles. The smallest absolute Gasteiger partial charge is 0.303 e. The number of nitrogens with one attached hydrogen (secondary N) is 1. The van der Waals surface area contributed by atoms with Gasteiger partial charge in [0, 0.05) is 11.4 Å². The molecule has 0 radical (unpaired) electrons. The number of carboxylic acid groups (broad SMARTS) is 1. The Balaban J connectivity index is 2.71. The van der Waals surface area contributed by atoms with Gasteiger partial charge < -0.3 is 15.2 Å². The van der Waals surface area contributed by atoms with E-state index in [0.29, 0.717) is 23.1 Å². The van der Waals surface area contributed by atoms with E-state index in [-0.39, 0.29) is 18.7 Å². The topological polar surface area (TPSA) is 75.6 Å². The number of carbonyl (C=O) groups is 2. The average Bonchev–Trinajstić information content (AvgIpc) is 2.35. The molecule has 6 heteroatoms. The normalized spacial score (nSPS) is 10.0. The van der Waals surface area contributed by atoms with E-state index in [4.69, 9.17) is 21.4 Å². The quantitative estimate of drug-likeness (QED) is 0.807. The van der Waals surface area contributed by atoms with E-state index in [9.17, 15) is 9.59 Å². The van der Waals surface area contributed by atoms with Gasteiger partial charge in [-0.05, 0) is 24.6 Å². The van der Waals surface area contributed by atoms with E-state index < -0.39 is 5.97 Å². The molecule has 104 valence electrons. The van der Waals surface area contributed by atoms with E-state index in [0.717, 1.165) is 6.42 Å². The van der Waals surface area contributed by atoms with E-state index in [2.05, 4.69) is 5.32 Å². The number of benzene rings is 1. The van der Waals surface area contributed by atoms with Crippen molar-refractivity contribution in [3.05, 3.63) is 23.2 Å². The highest BCUT2D eigenvalue weighted by atomic mass is 35.5. The van der Waals surface area contributed by atoms with Crippen molar-refractivity contribution < 1.29 is 19.4 Å². The lowest BCUT2D eigenvalue weighted by atomic mass is 10.2. The summed E-state index contributed by atoms with van der Waals surface area (Å²) in [5.74, 6) is -0.871. The van der Waals surface area contributed by atoms with Crippen LogP contribution in [0.4, 0.5) is 5.69 Å². The van der Waals surface area contributed by atoms with Crippen molar-refractivity contribution in [3.8, 4) is 5.75 Å². The van der Waals surface area contributed by atoms with Crippen LogP contribution < -0.4 is 10.1 Å². The van der Waals surface area contributed by atoms with Crippen LogP contribution in [-0.2, 0) is 9.59 Å². The van der Waals surface area contributed by atoms with Crippen LogP contribution in [0.5, 0.6) is 5.75 Å². The first-order valence-corrected chi connectivity index (χ1v) is 6.34. The van der Waals surface area contributed by atoms with Crippen LogP contribution in [0.1, 0.15) is 26.2 Å². The van der Waals surface area contributed by atoms with Gasteiger partial charge in [-0.25, -0.2) is 0 Å². The van der Waals surface area contributed by atoms with E-state index >= 15 is 0 Å². The zero-order valence-corrected chi connectivity index (χ0v) is 11.4. The summed E-state index contributed by atoms with van der Waals surface area (Å²) < 4.78 is 5.48. The average molecular weight is 286 g/mol. The second-order valence-electron chi connectivity index (χ2n) is 3.93. The molecular formula is C13H16ClNO4. The molecule has 1 aromatic rings. The van der Waals surface area contributed by atoms with Crippen LogP contribution in [0, 0.1) is 0 Å². The van der Waals surface area contributed by atoms with Crippen LogP contribution in [-0.4, -0.2) is 23.6 Å². The van der Waals surface area contributed by atoms with Gasteiger partial charge in [0.25, 0.3) is 0 Å². The number of hydrogen-bond acceptors (Lipinski definition) is 3. The first-order chi connectivity index (χ1) is 9.02. The monoisotopic (exact) mass is 285 g/mol. The van der Waals surface area contributed by atoms with Gasteiger partial charge in [0.1, 0.15) is 5.75 Å². The minimum absolute atomic E-state index is 0.0882. The highest BCUT2D eigenvalue weighted by molar-refractivity contribution is 6.31. The molecule has 0 spiro atoms. The molecule has 0 bridgehead atoms. The number of ether oxygens (including phenoxy) is 1. The van der Waals surface area contributed by atoms with Gasteiger partial charge in [-0.3, -0.25) is 9.59 Å². The zero-order valence-electron chi connectivity index (χ0n) is 10.6. The number of carbonyl (C=O) groups excluding carboxylic acids is 1. The number of rotatable bonds is 7. The summed E-state index contributed by atoms with van der Waals surface area (Å²) in [5.41, 5.74) is 0.455. The molecule has 1 amide bonds. The van der Waals surface area contributed by atoms with Crippen molar-refractivity contribution >= 4 is 29.2 Å². The minimum Gasteiger partial charge on any atom is -0.491 e. The molecule has 1 rings (SSSR count). The predicted octanol–water partition coefficient (Wildman–Crippen LogP) is 2.93. The lowest BCUT2D eigenvalue weighted by Crippen LogP contribution is -2.14. The maximum absolute atomic E-state index is 11.6. The Labute approximate surface area is 116 Å². The molecule has 19 heavy (non-hydrogen) atoms. The molecule has 5 nitrogen and oxygen atoms in total. The Hall–Kier alpha value is -1.75. The van der Waals surface area contributed by atoms with Crippen molar-refractivity contribution in [2.45, 2.75) is 26.2 Å². The van der Waals surface area contributed by atoms with Crippen LogP contribution in [0.25, 0.3) is 0 Å². The molecule has 0 aliphatic rings. The standard InChI is InChI=1S/C13H16ClNO4/c1-2-7-19-11-4-3-9(14)8-10(11)15-12(16)5-6-13(17)18/h3-4,8H,2,5-7H2,1H3,(H,15,16)(H,17,18). The second kappa shape index (κ2) is 7.63. The summed E-state index contributed by atoms with van der Waals surface area (Å²) >= 11 is 5.86. The van der Waals surface area contributed by atoms with Gasteiger partial charge in [-0.1, -0.05) is 18.5 Å². The van der Waals surface area contributed by atoms with Crippen LogP contribution in [0.3, 0.4) is 0 Å². The van der Waals surface area contributed by atoms with Crippen molar-refractivity contribution in [2.24, 2.45) is 0 Å². The Kier molecular flexibility index (Phi) is 6.15. The van der Waals surface area contributed by atoms with Gasteiger partial charge in [0.2, 0.25) is 5.91 Å². The van der Waals surface area contributed by atoms with Crippen LogP contribution >= 0.6 is 11.6 Å². The number of carboxylic acids is 1. The summed E-state index contributed by atoms with van der Waals surface area (Å²) in [4.78, 5) is 22.0. The number of amides is 1. The summed E-state index contributed by atoms with van der Waals surface area (Å²) in [6.07, 6.45) is 0.543. The van der Waals surface area contributed by atoms with Gasteiger partial charge >= 0.3 is 5.97 Å². The molecule has 0 saturated heterocycles. The SMILES string of the molecule is CCCOc1ccc(Cl)cc1NC(=O)CCC(=O)O. The number of halogens is 1. The molecule has 0 unspecified atom stereocenters. The van der Waals surface area contributed by atoms with Gasteiger partial charge in [-0.15, -0.1) is 0 Å². The first kappa shape index (κ1) is 15.3. The third-order valence-electron chi connectivity index (χ3n) is 2.24. The fraction of sp³-hybridized carbons (Fsp3) is 0.385. The van der Waals surface area contributed by atoms with Crippen LogP contribution in [0.2, 0.25) is 5.02 Å². The Morgan fingerprint density at radius 2 is 2.11 bits per heavy atom. The Morgan fingerprint density at radius 1 is 1.37 bits per heavy atom. The maximum Gasteiger partial charge on any atom is 0.303 e. The Bertz CT molecular complexity index is 462. The van der Waals surface area contributed by atoms with Crippen molar-refractivity contribution in [1.82, 2.24) is 0 Å². The van der Waals surface area contributed by atoms with Gasteiger partial charge in [0.05, 0.1) is 18.7 Å². The largest absolute Gasteiger partial charge is 0.491 e. The fourth-order valence-corrected chi connectivity index (χ4v) is 1.54. The van der Waals surface area contributed by atoms with Crippen molar-refractivity contribution in [2.75, 3.05) is 11.9 Å². The summed E-state index contributed by atoms with van der Waals surface area (Å²) in [5, 5.41) is 11.6. The second-order valence-corrected chi connectivity index (χ2v) is 4.37. The van der Waals surface area contributed by atoms with Crippen molar-refractivity contribution in [3.63, 3.8) is 0 Å². The van der Waals surface area contributed by atoms with Crippen molar-refractivity contribution in [1.29, 1.82) is 0 Å². The molecule has 2 N–H and O–H groups in total. The van der Waals surface area contributed by atoms with E-state index in [1.165, 1.54) is 0 Å². The molecular weight excluding hydrogens is 270 g/mol. The number of hydrogen-bond donors (Lipinski definition) is 2. The summed E-state index contributed by atoms with van der Waals surface area (Å²) in [7, 11) is 0. The number of anilines is 1. The summed E-state index contributed by atoms with van der Waals surface area (Å²) in [6, 6.07) is 4.91. The lowest BCUT2D eigenvalue weighted by Gasteiger charge is -2.12. The zero-order chi connectivity index (χ0) is 14.3. The molecule has 0 aliphatic carbocycles. The third kappa shape index (κ3) is 5.61. The summed E-state index contributed by atoms with van der Waals surface area (Å²) in [6.45, 7) is 2.50. The maximum atomic E-state index is 11.6. The molecule has 0 fully saturated rings. The fourth-order valence-electron chi connectivity index (χ4n) is 1.37. The highest BCUT2D eigenvalue weighted by Gasteiger charge is 2.10. The minimum atomic E-state index is -1.01. The van der Waals surface area contributed by atoms with Gasteiger partial charge in [-0.2, -0.15) is 0 Å². The molecule has 0 heterocycles. The third-order valence-corrected chi connectivity index (χ3v) is 2.48. The lowest BCUT2D eigenvalue weighted by molar-refractivity contribution is -0.138. The molecule has 0 aliphatic heterocycles. The molecule has 0 atom stereocenters.